The van der Waals surface area contributed by atoms with Gasteiger partial charge < -0.3 is 5.32 Å². The molecule has 0 aliphatic heterocycles. The van der Waals surface area contributed by atoms with Crippen LogP contribution in [0.5, 0.6) is 0 Å². The van der Waals surface area contributed by atoms with Crippen molar-refractivity contribution in [3.63, 3.8) is 0 Å². The Balaban J connectivity index is 1.92. The fourth-order valence-electron chi connectivity index (χ4n) is 2.59. The second-order valence-electron chi connectivity index (χ2n) is 5.77. The summed E-state index contributed by atoms with van der Waals surface area (Å²) in [6.45, 7) is 2.04. The summed E-state index contributed by atoms with van der Waals surface area (Å²) in [6.07, 6.45) is 3.90. The van der Waals surface area contributed by atoms with E-state index in [0.29, 0.717) is 6.42 Å². The fourth-order valence-corrected chi connectivity index (χ4v) is 2.59. The lowest BCUT2D eigenvalue weighted by atomic mass is 10.0. The van der Waals surface area contributed by atoms with E-state index in [0.717, 1.165) is 11.3 Å². The van der Waals surface area contributed by atoms with Gasteiger partial charge in [0.2, 0.25) is 5.82 Å². The van der Waals surface area contributed by atoms with E-state index >= 15 is 0 Å². The lowest BCUT2D eigenvalue weighted by Crippen LogP contribution is -2.16. The Labute approximate surface area is 145 Å². The molecule has 0 radical (unpaired) electrons. The van der Waals surface area contributed by atoms with Crippen LogP contribution in [0.25, 0.3) is 0 Å². The molecule has 0 fully saturated rings. The highest BCUT2D eigenvalue weighted by Gasteiger charge is 2.20. The normalized spacial score (nSPS) is 11.7. The average Bonchev–Trinajstić information content (AvgIpc) is 2.64. The summed E-state index contributed by atoms with van der Waals surface area (Å²) >= 11 is 0. The summed E-state index contributed by atoms with van der Waals surface area (Å²) in [5, 5.41) is 14.4. The number of hydrogen-bond donors (Lipinski definition) is 1. The SMILES string of the molecule is Cc1ccc(CC(Nc2ncccc2[N+](=O)[O-])c2ccccn2)cc1. The highest BCUT2D eigenvalue weighted by molar-refractivity contribution is 5.56. The monoisotopic (exact) mass is 334 g/mol. The van der Waals surface area contributed by atoms with Crippen molar-refractivity contribution in [2.24, 2.45) is 0 Å². The Morgan fingerprint density at radius 3 is 2.48 bits per heavy atom. The van der Waals surface area contributed by atoms with Crippen LogP contribution < -0.4 is 5.32 Å². The molecule has 2 heterocycles. The minimum atomic E-state index is -0.434. The van der Waals surface area contributed by atoms with Crippen molar-refractivity contribution in [1.82, 2.24) is 9.97 Å². The van der Waals surface area contributed by atoms with E-state index < -0.39 is 4.92 Å². The molecule has 2 aromatic heterocycles. The van der Waals surface area contributed by atoms with Gasteiger partial charge in [-0.25, -0.2) is 4.98 Å². The minimum Gasteiger partial charge on any atom is -0.356 e. The molecule has 126 valence electrons. The second-order valence-corrected chi connectivity index (χ2v) is 5.77. The second kappa shape index (κ2) is 7.53. The number of aryl methyl sites for hydroxylation is 1. The molecular formula is C19H18N4O2. The maximum Gasteiger partial charge on any atom is 0.311 e. The van der Waals surface area contributed by atoms with Crippen LogP contribution in [0, 0.1) is 17.0 Å². The number of hydrogen-bond acceptors (Lipinski definition) is 5. The highest BCUT2D eigenvalue weighted by Crippen LogP contribution is 2.27. The van der Waals surface area contributed by atoms with Gasteiger partial charge in [-0.2, -0.15) is 0 Å². The zero-order valence-corrected chi connectivity index (χ0v) is 13.8. The molecule has 0 bridgehead atoms. The summed E-state index contributed by atoms with van der Waals surface area (Å²) < 4.78 is 0. The van der Waals surface area contributed by atoms with Gasteiger partial charge in [-0.1, -0.05) is 35.9 Å². The number of anilines is 1. The highest BCUT2D eigenvalue weighted by atomic mass is 16.6. The zero-order chi connectivity index (χ0) is 17.6. The first-order valence-corrected chi connectivity index (χ1v) is 7.96. The van der Waals surface area contributed by atoms with Crippen molar-refractivity contribution < 1.29 is 4.92 Å². The van der Waals surface area contributed by atoms with Gasteiger partial charge in [-0.05, 0) is 37.1 Å². The zero-order valence-electron chi connectivity index (χ0n) is 13.8. The topological polar surface area (TPSA) is 81.0 Å². The summed E-state index contributed by atoms with van der Waals surface area (Å²) in [5.74, 6) is 0.246. The Kier molecular flexibility index (Phi) is 4.99. The molecule has 3 rings (SSSR count). The molecule has 1 N–H and O–H groups in total. The van der Waals surface area contributed by atoms with Crippen molar-refractivity contribution in [1.29, 1.82) is 0 Å². The van der Waals surface area contributed by atoms with E-state index in [4.69, 9.17) is 0 Å². The lowest BCUT2D eigenvalue weighted by molar-refractivity contribution is -0.384. The lowest BCUT2D eigenvalue weighted by Gasteiger charge is -2.19. The summed E-state index contributed by atoms with van der Waals surface area (Å²) in [7, 11) is 0. The van der Waals surface area contributed by atoms with Crippen molar-refractivity contribution >= 4 is 11.5 Å². The van der Waals surface area contributed by atoms with E-state index in [2.05, 4.69) is 27.4 Å². The van der Waals surface area contributed by atoms with Crippen LogP contribution in [-0.2, 0) is 6.42 Å². The molecule has 25 heavy (non-hydrogen) atoms. The van der Waals surface area contributed by atoms with Gasteiger partial charge in [0.25, 0.3) is 0 Å². The van der Waals surface area contributed by atoms with Gasteiger partial charge >= 0.3 is 5.69 Å². The van der Waals surface area contributed by atoms with Gasteiger partial charge in [-0.3, -0.25) is 15.1 Å². The largest absolute Gasteiger partial charge is 0.356 e. The first-order chi connectivity index (χ1) is 12.1. The fraction of sp³-hybridized carbons (Fsp3) is 0.158. The van der Waals surface area contributed by atoms with Gasteiger partial charge in [0.15, 0.2) is 0 Å². The molecule has 0 aliphatic carbocycles. The Bertz CT molecular complexity index is 851. The minimum absolute atomic E-state index is 0.0488. The van der Waals surface area contributed by atoms with E-state index in [1.807, 2.05) is 37.3 Å². The third-order valence-corrected chi connectivity index (χ3v) is 3.90. The van der Waals surface area contributed by atoms with Crippen molar-refractivity contribution in [2.75, 3.05) is 5.32 Å². The summed E-state index contributed by atoms with van der Waals surface area (Å²) in [4.78, 5) is 19.4. The van der Waals surface area contributed by atoms with Crippen LogP contribution in [0.4, 0.5) is 11.5 Å². The number of nitro groups is 1. The molecule has 0 saturated carbocycles. The van der Waals surface area contributed by atoms with E-state index in [1.54, 1.807) is 12.3 Å². The number of pyridine rings is 2. The molecule has 3 aromatic rings. The van der Waals surface area contributed by atoms with Crippen LogP contribution in [0.1, 0.15) is 22.9 Å². The standard InChI is InChI=1S/C19H18N4O2/c1-14-7-9-15(10-8-14)13-17(16-5-2-3-11-20-16)22-19-18(23(24)25)6-4-12-21-19/h2-12,17H,13H2,1H3,(H,21,22). The molecular weight excluding hydrogens is 316 g/mol. The third kappa shape index (κ3) is 4.17. The van der Waals surface area contributed by atoms with Gasteiger partial charge in [0.05, 0.1) is 16.7 Å². The molecule has 1 unspecified atom stereocenters. The maximum atomic E-state index is 11.2. The predicted octanol–water partition coefficient (Wildman–Crippen LogP) is 4.09. The molecule has 0 saturated heterocycles. The van der Waals surface area contributed by atoms with Crippen LogP contribution >= 0.6 is 0 Å². The smallest absolute Gasteiger partial charge is 0.311 e. The number of aromatic nitrogens is 2. The summed E-state index contributed by atoms with van der Waals surface area (Å²) in [6, 6.07) is 16.6. The first kappa shape index (κ1) is 16.6. The molecule has 1 aromatic carbocycles. The number of nitrogens with one attached hydrogen (secondary N) is 1. The molecule has 1 atom stereocenters. The Hall–Kier alpha value is -3.28. The molecule has 6 heteroatoms. The van der Waals surface area contributed by atoms with Gasteiger partial charge in [0.1, 0.15) is 0 Å². The first-order valence-electron chi connectivity index (χ1n) is 7.96. The number of benzene rings is 1. The van der Waals surface area contributed by atoms with Crippen LogP contribution in [-0.4, -0.2) is 14.9 Å². The van der Waals surface area contributed by atoms with Crippen LogP contribution in [0.2, 0.25) is 0 Å². The van der Waals surface area contributed by atoms with Crippen molar-refractivity contribution in [2.45, 2.75) is 19.4 Å². The number of rotatable bonds is 6. The van der Waals surface area contributed by atoms with E-state index in [9.17, 15) is 10.1 Å². The predicted molar refractivity (Wildman–Crippen MR) is 96.4 cm³/mol. The Morgan fingerprint density at radius 2 is 1.80 bits per heavy atom. The molecule has 0 aliphatic rings. The quantitative estimate of drug-likeness (QED) is 0.542. The number of nitrogens with zero attached hydrogens (tertiary/aromatic N) is 3. The van der Waals surface area contributed by atoms with Crippen LogP contribution in [0.3, 0.4) is 0 Å². The molecule has 0 spiro atoms. The van der Waals surface area contributed by atoms with E-state index in [1.165, 1.54) is 17.8 Å². The van der Waals surface area contributed by atoms with Crippen molar-refractivity contribution in [3.05, 3.63) is 93.9 Å². The van der Waals surface area contributed by atoms with Gasteiger partial charge in [0, 0.05) is 18.5 Å². The molecule has 0 amide bonds. The average molecular weight is 334 g/mol. The maximum absolute atomic E-state index is 11.2. The Morgan fingerprint density at radius 1 is 1.04 bits per heavy atom. The third-order valence-electron chi connectivity index (χ3n) is 3.90. The van der Waals surface area contributed by atoms with Crippen LogP contribution in [0.15, 0.2) is 67.0 Å². The van der Waals surface area contributed by atoms with E-state index in [-0.39, 0.29) is 17.5 Å². The summed E-state index contributed by atoms with van der Waals surface area (Å²) in [5.41, 5.74) is 3.06. The molecule has 6 nitrogen and oxygen atoms in total. The van der Waals surface area contributed by atoms with Gasteiger partial charge in [-0.15, -0.1) is 0 Å². The van der Waals surface area contributed by atoms with Crippen molar-refractivity contribution in [3.8, 4) is 0 Å².